The minimum atomic E-state index is -3.41. The zero-order chi connectivity index (χ0) is 29.4. The number of aryl methyl sites for hydroxylation is 1. The van der Waals surface area contributed by atoms with Crippen LogP contribution in [-0.4, -0.2) is 61.2 Å². The van der Waals surface area contributed by atoms with E-state index in [2.05, 4.69) is 36.5 Å². The lowest BCUT2D eigenvalue weighted by atomic mass is 9.71. The number of fused-ring (bicyclic) bond motifs is 2. The summed E-state index contributed by atoms with van der Waals surface area (Å²) in [5.74, 6) is 0.634. The standard InChI is InChI=1S/C32H43N3O4S2.H3N/c1-32(2,3)25-10-11-28-23(16-25)15-24-19-30(40-31(24)33-28)29(37)18-22(12-14-35-13-6-9-27(36)20-35)21-7-5-8-26(17-21)34-41(4,38)39;/h5,7-8,15,17,19,22,25,27,34,36H,6,9-14,16,18,20H2,1-4H3;1H3/p+1/t22-,25-,27?;/m0./s1. The Hall–Kier alpha value is -2.37. The van der Waals surface area contributed by atoms with Gasteiger partial charge in [0.2, 0.25) is 10.0 Å². The first kappa shape index (κ1) is 32.5. The van der Waals surface area contributed by atoms with Crippen LogP contribution in [0.25, 0.3) is 10.2 Å². The Balaban J connectivity index is 0.00000405. The molecule has 10 heteroatoms. The number of sulfonamides is 1. The molecular formula is C32H47N4O4S2+. The molecular weight excluding hydrogens is 569 g/mol. The number of thiophene rings is 1. The molecule has 1 fully saturated rings. The largest absolute Gasteiger partial charge is 0.392 e. The van der Waals surface area contributed by atoms with Crippen LogP contribution in [0.5, 0.6) is 0 Å². The van der Waals surface area contributed by atoms with Gasteiger partial charge in [-0.1, -0.05) is 32.9 Å². The molecule has 3 aromatic rings. The van der Waals surface area contributed by atoms with Gasteiger partial charge < -0.3 is 16.2 Å². The molecule has 5 rings (SSSR count). The predicted molar refractivity (Wildman–Crippen MR) is 173 cm³/mol. The van der Waals surface area contributed by atoms with E-state index in [1.807, 2.05) is 24.3 Å². The van der Waals surface area contributed by atoms with Crippen molar-refractivity contribution >= 4 is 43.0 Å². The van der Waals surface area contributed by atoms with Crippen LogP contribution in [0.3, 0.4) is 0 Å². The molecule has 1 aliphatic heterocycles. The first-order valence-corrected chi connectivity index (χ1v) is 17.5. The number of quaternary nitrogens is 1. The fraction of sp³-hybridized carbons (Fsp3) is 0.562. The molecule has 1 unspecified atom stereocenters. The Labute approximate surface area is 254 Å². The van der Waals surface area contributed by atoms with Crippen molar-refractivity contribution in [3.8, 4) is 0 Å². The molecule has 1 aromatic carbocycles. The highest BCUT2D eigenvalue weighted by molar-refractivity contribution is 7.92. The number of anilines is 1. The summed E-state index contributed by atoms with van der Waals surface area (Å²) in [4.78, 5) is 22.7. The molecule has 42 heavy (non-hydrogen) atoms. The fourth-order valence-corrected chi connectivity index (χ4v) is 7.89. The lowest BCUT2D eigenvalue weighted by Crippen LogP contribution is -2.39. The first-order chi connectivity index (χ1) is 19.3. The number of ketones is 1. The molecule has 0 amide bonds. The van der Waals surface area contributed by atoms with E-state index in [4.69, 9.17) is 4.98 Å². The number of pyridine rings is 1. The third-order valence-electron chi connectivity index (χ3n) is 8.74. The summed E-state index contributed by atoms with van der Waals surface area (Å²) >= 11 is 1.48. The highest BCUT2D eigenvalue weighted by Crippen LogP contribution is 2.39. The van der Waals surface area contributed by atoms with E-state index in [1.165, 1.54) is 22.6 Å². The van der Waals surface area contributed by atoms with Crippen LogP contribution in [0, 0.1) is 11.3 Å². The molecule has 0 spiro atoms. The number of carbonyl (C=O) groups is 1. The molecule has 0 saturated carbocycles. The van der Waals surface area contributed by atoms with E-state index >= 15 is 0 Å². The zero-order valence-corrected chi connectivity index (χ0v) is 27.3. The Kier molecular flexibility index (Phi) is 10.1. The Morgan fingerprint density at radius 2 is 2.00 bits per heavy atom. The molecule has 230 valence electrons. The monoisotopic (exact) mass is 615 g/mol. The van der Waals surface area contributed by atoms with Crippen LogP contribution >= 0.6 is 11.3 Å². The number of β-amino-alcohol motifs (C(OH)–C–C–N with tert-alkyl or cyclic N) is 1. The summed E-state index contributed by atoms with van der Waals surface area (Å²) in [6.45, 7) is 9.30. The van der Waals surface area contributed by atoms with Gasteiger partial charge in [-0.3, -0.25) is 9.52 Å². The van der Waals surface area contributed by atoms with Crippen molar-refractivity contribution in [2.24, 2.45) is 11.3 Å². The first-order valence-electron chi connectivity index (χ1n) is 14.8. The van der Waals surface area contributed by atoms with E-state index in [-0.39, 0.29) is 29.4 Å². The summed E-state index contributed by atoms with van der Waals surface area (Å²) in [6, 6.07) is 11.6. The van der Waals surface area contributed by atoms with Gasteiger partial charge in [-0.15, -0.1) is 11.3 Å². The number of likely N-dealkylation sites (tertiary alicyclic amines) is 1. The average Bonchev–Trinajstić information content (AvgIpc) is 3.31. The molecule has 8 nitrogen and oxygen atoms in total. The van der Waals surface area contributed by atoms with E-state index in [1.54, 1.807) is 6.07 Å². The number of aliphatic hydroxyl groups is 1. The highest BCUT2D eigenvalue weighted by atomic mass is 32.2. The van der Waals surface area contributed by atoms with E-state index < -0.39 is 10.0 Å². The number of nitrogens with zero attached hydrogens (tertiary/aromatic N) is 2. The van der Waals surface area contributed by atoms with Gasteiger partial charge >= 0.3 is 0 Å². The maximum absolute atomic E-state index is 13.7. The lowest BCUT2D eigenvalue weighted by Gasteiger charge is -2.34. The average molecular weight is 616 g/mol. The van der Waals surface area contributed by atoms with Crippen molar-refractivity contribution < 1.29 is 18.3 Å². The molecule has 2 aromatic heterocycles. The smallest absolute Gasteiger partial charge is 0.229 e. The fourth-order valence-electron chi connectivity index (χ4n) is 6.35. The van der Waals surface area contributed by atoms with Crippen LogP contribution in [0.4, 0.5) is 5.69 Å². The summed E-state index contributed by atoms with van der Waals surface area (Å²) < 4.78 is 26.3. The van der Waals surface area contributed by atoms with Crippen molar-refractivity contribution in [1.82, 2.24) is 16.0 Å². The number of hydrogen-bond acceptors (Lipinski definition) is 7. The Bertz CT molecular complexity index is 1510. The predicted octanol–water partition coefficient (Wildman–Crippen LogP) is 6.40. The van der Waals surface area contributed by atoms with Crippen LogP contribution in [0.1, 0.15) is 85.3 Å². The van der Waals surface area contributed by atoms with Gasteiger partial charge in [0.05, 0.1) is 17.2 Å². The van der Waals surface area contributed by atoms with Crippen molar-refractivity contribution in [3.63, 3.8) is 0 Å². The minimum Gasteiger partial charge on any atom is -0.392 e. The van der Waals surface area contributed by atoms with E-state index in [0.717, 1.165) is 78.5 Å². The lowest BCUT2D eigenvalue weighted by molar-refractivity contribution is 0.0685. The van der Waals surface area contributed by atoms with Crippen LogP contribution in [0.2, 0.25) is 0 Å². The molecule has 3 atom stereocenters. The summed E-state index contributed by atoms with van der Waals surface area (Å²) in [6.07, 6.45) is 6.87. The van der Waals surface area contributed by atoms with Gasteiger partial charge in [-0.2, -0.15) is 0 Å². The molecule has 3 heterocycles. The van der Waals surface area contributed by atoms with Crippen molar-refractivity contribution in [2.45, 2.75) is 77.7 Å². The molecule has 0 radical (unpaired) electrons. The number of carbonyl (C=O) groups excluding carboxylic acids is 1. The van der Waals surface area contributed by atoms with Gasteiger partial charge in [-0.05, 0) is 104 Å². The third kappa shape index (κ3) is 8.17. The molecule has 1 saturated heterocycles. The normalized spacial score (nSPS) is 20.5. The topological polar surface area (TPSA) is 136 Å². The van der Waals surface area contributed by atoms with Gasteiger partial charge in [0.15, 0.2) is 5.78 Å². The van der Waals surface area contributed by atoms with Crippen molar-refractivity contribution in [3.05, 3.63) is 58.1 Å². The summed E-state index contributed by atoms with van der Waals surface area (Å²) in [5.41, 5.74) is 4.19. The second-order valence-electron chi connectivity index (χ2n) is 13.1. The van der Waals surface area contributed by atoms with Crippen LogP contribution in [0.15, 0.2) is 36.4 Å². The molecule has 1 aliphatic carbocycles. The highest BCUT2D eigenvalue weighted by Gasteiger charge is 2.30. The number of rotatable bonds is 9. The van der Waals surface area contributed by atoms with E-state index in [9.17, 15) is 18.3 Å². The van der Waals surface area contributed by atoms with Gasteiger partial charge in [0.25, 0.3) is 0 Å². The number of benzene rings is 1. The summed E-state index contributed by atoms with van der Waals surface area (Å²) in [7, 11) is -3.41. The van der Waals surface area contributed by atoms with Crippen molar-refractivity contribution in [2.75, 3.05) is 30.6 Å². The zero-order valence-electron chi connectivity index (χ0n) is 25.7. The number of aliphatic hydroxyl groups excluding tert-OH is 1. The molecule has 2 aliphatic rings. The molecule has 0 bridgehead atoms. The Morgan fingerprint density at radius 1 is 1.21 bits per heavy atom. The SMILES string of the molecule is CC(C)(C)[C@H]1CCc2nc3sc(C(=O)C[C@H](CCN4CCCC(O)C4)c4cccc(NS(C)(=O)=O)c4)cc3cc2C1.[NH4+]. The second kappa shape index (κ2) is 13.1. The van der Waals surface area contributed by atoms with E-state index in [0.29, 0.717) is 24.6 Å². The Morgan fingerprint density at radius 3 is 2.71 bits per heavy atom. The van der Waals surface area contributed by atoms with Gasteiger partial charge in [-0.25, -0.2) is 13.4 Å². The summed E-state index contributed by atoms with van der Waals surface area (Å²) in [5, 5.41) is 11.2. The number of aromatic nitrogens is 1. The van der Waals surface area contributed by atoms with Gasteiger partial charge in [0.1, 0.15) is 4.83 Å². The number of hydrogen-bond donors (Lipinski definition) is 3. The van der Waals surface area contributed by atoms with Crippen LogP contribution in [-0.2, 0) is 22.9 Å². The maximum Gasteiger partial charge on any atom is 0.229 e. The second-order valence-corrected chi connectivity index (χ2v) is 15.9. The maximum atomic E-state index is 13.7. The van der Waals surface area contributed by atoms with Crippen molar-refractivity contribution in [1.29, 1.82) is 0 Å². The third-order valence-corrected chi connectivity index (χ3v) is 10.4. The molecule has 6 N–H and O–H groups in total. The quantitative estimate of drug-likeness (QED) is 0.238. The number of nitrogens with one attached hydrogen (secondary N) is 1. The number of piperidine rings is 1. The van der Waals surface area contributed by atoms with Crippen LogP contribution < -0.4 is 10.9 Å². The number of Topliss-reactive ketones (excluding diaryl/α,β-unsaturated/α-hetero) is 1. The minimum absolute atomic E-state index is 0. The van der Waals surface area contributed by atoms with Gasteiger partial charge in [0, 0.05) is 29.7 Å².